The fourth-order valence-electron chi connectivity index (χ4n) is 1.65. The first-order valence-electron chi connectivity index (χ1n) is 5.71. The van der Waals surface area contributed by atoms with Crippen LogP contribution in [0.2, 0.25) is 0 Å². The van der Waals surface area contributed by atoms with Crippen LogP contribution in [0, 0.1) is 12.8 Å². The number of nitrogens with one attached hydrogen (secondary N) is 1. The molecule has 1 aromatic rings. The number of hydrogen-bond donors (Lipinski definition) is 2. The Morgan fingerprint density at radius 3 is 2.53 bits per heavy atom. The minimum absolute atomic E-state index is 0.371. The maximum absolute atomic E-state index is 5.78. The summed E-state index contributed by atoms with van der Waals surface area (Å²) in [6, 6.07) is 8.71. The number of hydrogen-bond acceptors (Lipinski definition) is 2. The van der Waals surface area contributed by atoms with Crippen LogP contribution in [0.1, 0.15) is 25.8 Å². The second-order valence-electron chi connectivity index (χ2n) is 4.19. The van der Waals surface area contributed by atoms with Gasteiger partial charge in [0, 0.05) is 18.3 Å². The molecule has 0 radical (unpaired) electrons. The van der Waals surface area contributed by atoms with Gasteiger partial charge in [-0.15, -0.1) is 0 Å². The van der Waals surface area contributed by atoms with Crippen LogP contribution in [0.3, 0.4) is 0 Å². The van der Waals surface area contributed by atoms with Gasteiger partial charge in [-0.25, -0.2) is 0 Å². The second kappa shape index (κ2) is 5.76. The largest absolute Gasteiger partial charge is 0.381 e. The highest BCUT2D eigenvalue weighted by Crippen LogP contribution is 2.18. The Bertz CT molecular complexity index is 296. The normalized spacial score (nSPS) is 14.7. The van der Waals surface area contributed by atoms with E-state index < -0.39 is 0 Å². The van der Waals surface area contributed by atoms with E-state index in [0.717, 1.165) is 6.42 Å². The van der Waals surface area contributed by atoms with Crippen molar-refractivity contribution in [2.24, 2.45) is 11.7 Å². The molecule has 0 aliphatic carbocycles. The molecule has 1 aromatic carbocycles. The molecule has 15 heavy (non-hydrogen) atoms. The van der Waals surface area contributed by atoms with E-state index in [-0.39, 0.29) is 0 Å². The predicted octanol–water partition coefficient (Wildman–Crippen LogP) is 2.78. The van der Waals surface area contributed by atoms with E-state index in [1.807, 2.05) is 0 Å². The summed E-state index contributed by atoms with van der Waals surface area (Å²) in [7, 11) is 0. The van der Waals surface area contributed by atoms with Gasteiger partial charge in [0.05, 0.1) is 0 Å². The van der Waals surface area contributed by atoms with E-state index in [1.54, 1.807) is 0 Å². The first kappa shape index (κ1) is 12.1. The molecule has 0 amide bonds. The van der Waals surface area contributed by atoms with Crippen molar-refractivity contribution >= 4 is 5.69 Å². The van der Waals surface area contributed by atoms with Gasteiger partial charge in [0.15, 0.2) is 0 Å². The standard InChI is InChI=1S/C13H22N2/c1-4-10(2)13(9-14)15-12-8-6-5-7-11(12)3/h5-8,10,13,15H,4,9,14H2,1-3H3. The number of benzene rings is 1. The van der Waals surface area contributed by atoms with Gasteiger partial charge in [0.2, 0.25) is 0 Å². The van der Waals surface area contributed by atoms with Crippen molar-refractivity contribution in [1.82, 2.24) is 0 Å². The fraction of sp³-hybridized carbons (Fsp3) is 0.538. The lowest BCUT2D eigenvalue weighted by atomic mass is 9.98. The van der Waals surface area contributed by atoms with Crippen molar-refractivity contribution in [3.63, 3.8) is 0 Å². The first-order chi connectivity index (χ1) is 7.19. The Morgan fingerprint density at radius 1 is 1.33 bits per heavy atom. The van der Waals surface area contributed by atoms with Crippen LogP contribution in [-0.2, 0) is 0 Å². The second-order valence-corrected chi connectivity index (χ2v) is 4.19. The zero-order valence-electron chi connectivity index (χ0n) is 9.96. The highest BCUT2D eigenvalue weighted by molar-refractivity contribution is 5.51. The van der Waals surface area contributed by atoms with Gasteiger partial charge in [-0.3, -0.25) is 0 Å². The van der Waals surface area contributed by atoms with Crippen molar-refractivity contribution in [3.05, 3.63) is 29.8 Å². The fourth-order valence-corrected chi connectivity index (χ4v) is 1.65. The number of rotatable bonds is 5. The van der Waals surface area contributed by atoms with Crippen molar-refractivity contribution in [2.45, 2.75) is 33.2 Å². The topological polar surface area (TPSA) is 38.0 Å². The number of nitrogens with two attached hydrogens (primary N) is 1. The van der Waals surface area contributed by atoms with E-state index in [9.17, 15) is 0 Å². The highest BCUT2D eigenvalue weighted by Gasteiger charge is 2.13. The Balaban J connectivity index is 2.71. The monoisotopic (exact) mass is 206 g/mol. The summed E-state index contributed by atoms with van der Waals surface area (Å²) in [4.78, 5) is 0. The van der Waals surface area contributed by atoms with E-state index in [4.69, 9.17) is 5.73 Å². The van der Waals surface area contributed by atoms with Gasteiger partial charge in [0.25, 0.3) is 0 Å². The third-order valence-corrected chi connectivity index (χ3v) is 3.07. The average Bonchev–Trinajstić information content (AvgIpc) is 2.27. The van der Waals surface area contributed by atoms with Gasteiger partial charge in [-0.1, -0.05) is 38.5 Å². The van der Waals surface area contributed by atoms with Gasteiger partial charge in [-0.05, 0) is 24.5 Å². The molecule has 2 unspecified atom stereocenters. The molecule has 0 spiro atoms. The van der Waals surface area contributed by atoms with Gasteiger partial charge in [0.1, 0.15) is 0 Å². The van der Waals surface area contributed by atoms with Gasteiger partial charge >= 0.3 is 0 Å². The molecule has 0 saturated heterocycles. The Hall–Kier alpha value is -1.02. The summed E-state index contributed by atoms with van der Waals surface area (Å²) in [6.45, 7) is 7.24. The van der Waals surface area contributed by atoms with Crippen LogP contribution >= 0.6 is 0 Å². The van der Waals surface area contributed by atoms with Crippen molar-refractivity contribution < 1.29 is 0 Å². The van der Waals surface area contributed by atoms with Crippen LogP contribution < -0.4 is 11.1 Å². The molecule has 84 valence electrons. The van der Waals surface area contributed by atoms with E-state index in [2.05, 4.69) is 50.4 Å². The molecule has 1 rings (SSSR count). The maximum atomic E-state index is 5.78. The molecule has 0 bridgehead atoms. The molecular weight excluding hydrogens is 184 g/mol. The maximum Gasteiger partial charge on any atom is 0.0409 e. The summed E-state index contributed by atoms with van der Waals surface area (Å²) in [5, 5.41) is 3.52. The molecule has 0 saturated carbocycles. The van der Waals surface area contributed by atoms with Crippen molar-refractivity contribution in [3.8, 4) is 0 Å². The summed E-state index contributed by atoms with van der Waals surface area (Å²) in [5.74, 6) is 0.606. The summed E-state index contributed by atoms with van der Waals surface area (Å²) < 4.78 is 0. The minimum atomic E-state index is 0.371. The molecule has 0 aliphatic heterocycles. The van der Waals surface area contributed by atoms with Crippen LogP contribution in [0.5, 0.6) is 0 Å². The first-order valence-corrected chi connectivity index (χ1v) is 5.71. The third-order valence-electron chi connectivity index (χ3n) is 3.07. The Morgan fingerprint density at radius 2 is 2.00 bits per heavy atom. The molecule has 2 nitrogen and oxygen atoms in total. The summed E-state index contributed by atoms with van der Waals surface area (Å²) in [5.41, 5.74) is 8.26. The van der Waals surface area contributed by atoms with Crippen LogP contribution in [0.15, 0.2) is 24.3 Å². The molecule has 3 N–H and O–H groups in total. The average molecular weight is 206 g/mol. The molecule has 2 atom stereocenters. The van der Waals surface area contributed by atoms with Crippen molar-refractivity contribution in [1.29, 1.82) is 0 Å². The predicted molar refractivity (Wildman–Crippen MR) is 67.1 cm³/mol. The third kappa shape index (κ3) is 3.24. The quantitative estimate of drug-likeness (QED) is 0.777. The number of aryl methyl sites for hydroxylation is 1. The van der Waals surface area contributed by atoms with Crippen molar-refractivity contribution in [2.75, 3.05) is 11.9 Å². The molecular formula is C13H22N2. The molecule has 0 heterocycles. The van der Waals surface area contributed by atoms with Crippen LogP contribution in [0.25, 0.3) is 0 Å². The Labute approximate surface area is 92.9 Å². The van der Waals surface area contributed by atoms with E-state index >= 15 is 0 Å². The lowest BCUT2D eigenvalue weighted by molar-refractivity contribution is 0.474. The lowest BCUT2D eigenvalue weighted by Gasteiger charge is -2.24. The molecule has 0 aromatic heterocycles. The molecule has 0 aliphatic rings. The van der Waals surface area contributed by atoms with E-state index in [1.165, 1.54) is 11.3 Å². The molecule has 2 heteroatoms. The Kier molecular flexibility index (Phi) is 4.63. The summed E-state index contributed by atoms with van der Waals surface area (Å²) >= 11 is 0. The highest BCUT2D eigenvalue weighted by atomic mass is 14.9. The summed E-state index contributed by atoms with van der Waals surface area (Å²) in [6.07, 6.45) is 1.15. The van der Waals surface area contributed by atoms with E-state index in [0.29, 0.717) is 18.5 Å². The zero-order chi connectivity index (χ0) is 11.3. The lowest BCUT2D eigenvalue weighted by Crippen LogP contribution is -2.34. The van der Waals surface area contributed by atoms with Gasteiger partial charge < -0.3 is 11.1 Å². The minimum Gasteiger partial charge on any atom is -0.381 e. The number of para-hydroxylation sites is 1. The SMILES string of the molecule is CCC(C)C(CN)Nc1ccccc1C. The van der Waals surface area contributed by atoms with Gasteiger partial charge in [-0.2, -0.15) is 0 Å². The smallest absolute Gasteiger partial charge is 0.0409 e. The molecule has 0 fully saturated rings. The number of anilines is 1. The van der Waals surface area contributed by atoms with Crippen LogP contribution in [0.4, 0.5) is 5.69 Å². The van der Waals surface area contributed by atoms with Crippen LogP contribution in [-0.4, -0.2) is 12.6 Å². The zero-order valence-corrected chi connectivity index (χ0v) is 9.96.